The molecule has 34 heavy (non-hydrogen) atoms. The quantitative estimate of drug-likeness (QED) is 0.190. The maximum atomic E-state index is 13.0. The lowest BCUT2D eigenvalue weighted by molar-refractivity contribution is 0.0704. The summed E-state index contributed by atoms with van der Waals surface area (Å²) >= 11 is 3.39. The molecule has 0 fully saturated rings. The SMILES string of the molecule is COc1cccc(Oc2c(C)oc3cc(OC(=O)c4cc5cc(Br)ccc5o4)ccc3c2=O)c1. The molecule has 0 unspecified atom stereocenters. The number of carbonyl (C=O) groups excluding carboxylic acids is 1. The maximum absolute atomic E-state index is 13.0. The second-order valence-corrected chi connectivity index (χ2v) is 8.35. The normalized spacial score (nSPS) is 11.0. The Labute approximate surface area is 201 Å². The Bertz CT molecular complexity index is 1610. The van der Waals surface area contributed by atoms with Crippen LogP contribution in [0.4, 0.5) is 0 Å². The molecule has 8 heteroatoms. The highest BCUT2D eigenvalue weighted by atomic mass is 79.9. The van der Waals surface area contributed by atoms with Crippen molar-refractivity contribution in [2.24, 2.45) is 0 Å². The molecule has 0 amide bonds. The number of esters is 1. The molecule has 0 bridgehead atoms. The maximum Gasteiger partial charge on any atom is 0.379 e. The van der Waals surface area contributed by atoms with Gasteiger partial charge in [0.2, 0.25) is 16.9 Å². The van der Waals surface area contributed by atoms with E-state index in [0.717, 1.165) is 9.86 Å². The summed E-state index contributed by atoms with van der Waals surface area (Å²) < 4.78 is 28.7. The minimum absolute atomic E-state index is 0.0628. The molecule has 0 aliphatic rings. The summed E-state index contributed by atoms with van der Waals surface area (Å²) in [5.41, 5.74) is 0.487. The van der Waals surface area contributed by atoms with E-state index in [9.17, 15) is 9.59 Å². The molecular formula is C26H17BrO7. The van der Waals surface area contributed by atoms with Crippen LogP contribution in [0.2, 0.25) is 0 Å². The molecule has 7 nitrogen and oxygen atoms in total. The molecule has 2 aromatic heterocycles. The molecule has 0 radical (unpaired) electrons. The number of hydrogen-bond acceptors (Lipinski definition) is 7. The molecular weight excluding hydrogens is 504 g/mol. The van der Waals surface area contributed by atoms with Crippen molar-refractivity contribution in [2.75, 3.05) is 7.11 Å². The molecule has 0 N–H and O–H groups in total. The summed E-state index contributed by atoms with van der Waals surface area (Å²) in [6.07, 6.45) is 0. The lowest BCUT2D eigenvalue weighted by atomic mass is 10.2. The Kier molecular flexibility index (Phi) is 5.59. The van der Waals surface area contributed by atoms with Gasteiger partial charge in [0.25, 0.3) is 0 Å². The van der Waals surface area contributed by atoms with Crippen molar-refractivity contribution in [2.45, 2.75) is 6.92 Å². The highest BCUT2D eigenvalue weighted by molar-refractivity contribution is 9.10. The fourth-order valence-corrected chi connectivity index (χ4v) is 3.88. The van der Waals surface area contributed by atoms with E-state index in [1.165, 1.54) is 18.2 Å². The minimum atomic E-state index is -0.663. The van der Waals surface area contributed by atoms with E-state index in [4.69, 9.17) is 23.0 Å². The van der Waals surface area contributed by atoms with Gasteiger partial charge < -0.3 is 23.0 Å². The van der Waals surface area contributed by atoms with E-state index >= 15 is 0 Å². The lowest BCUT2D eigenvalue weighted by Crippen LogP contribution is -2.09. The predicted molar refractivity (Wildman–Crippen MR) is 129 cm³/mol. The second kappa shape index (κ2) is 8.72. The molecule has 3 aromatic carbocycles. The van der Waals surface area contributed by atoms with E-state index in [-0.39, 0.29) is 39.4 Å². The van der Waals surface area contributed by atoms with Gasteiger partial charge in [0.1, 0.15) is 34.2 Å². The first kappa shape index (κ1) is 21.8. The Hall–Kier alpha value is -4.04. The van der Waals surface area contributed by atoms with E-state index < -0.39 is 5.97 Å². The van der Waals surface area contributed by atoms with Crippen molar-refractivity contribution in [1.82, 2.24) is 0 Å². The van der Waals surface area contributed by atoms with E-state index in [1.54, 1.807) is 50.4 Å². The van der Waals surface area contributed by atoms with Crippen LogP contribution in [0, 0.1) is 6.92 Å². The number of ether oxygens (including phenoxy) is 3. The topological polar surface area (TPSA) is 88.1 Å². The highest BCUT2D eigenvalue weighted by Gasteiger charge is 2.18. The fourth-order valence-electron chi connectivity index (χ4n) is 3.50. The number of furan rings is 1. The first-order valence-electron chi connectivity index (χ1n) is 10.2. The van der Waals surface area contributed by atoms with Crippen LogP contribution in [-0.4, -0.2) is 13.1 Å². The first-order valence-corrected chi connectivity index (χ1v) is 11.0. The first-order chi connectivity index (χ1) is 16.4. The molecule has 0 spiro atoms. The Morgan fingerprint density at radius 1 is 0.882 bits per heavy atom. The van der Waals surface area contributed by atoms with Crippen molar-refractivity contribution in [1.29, 1.82) is 0 Å². The lowest BCUT2D eigenvalue weighted by Gasteiger charge is -2.10. The molecule has 2 heterocycles. The summed E-state index contributed by atoms with van der Waals surface area (Å²) in [5.74, 6) is 1.01. The largest absolute Gasteiger partial charge is 0.497 e. The van der Waals surface area contributed by atoms with Crippen LogP contribution < -0.4 is 19.6 Å². The Balaban J connectivity index is 1.43. The molecule has 0 saturated heterocycles. The van der Waals surface area contributed by atoms with Crippen LogP contribution in [0.15, 0.2) is 84.8 Å². The number of hydrogen-bond donors (Lipinski definition) is 0. The van der Waals surface area contributed by atoms with E-state index in [0.29, 0.717) is 17.1 Å². The van der Waals surface area contributed by atoms with Crippen molar-refractivity contribution >= 4 is 43.8 Å². The third kappa shape index (κ3) is 4.15. The summed E-state index contributed by atoms with van der Waals surface area (Å²) in [6, 6.07) is 18.5. The van der Waals surface area contributed by atoms with Crippen LogP contribution in [0.25, 0.3) is 21.9 Å². The minimum Gasteiger partial charge on any atom is -0.497 e. The third-order valence-corrected chi connectivity index (χ3v) is 5.63. The summed E-state index contributed by atoms with van der Waals surface area (Å²) in [4.78, 5) is 25.6. The van der Waals surface area contributed by atoms with Gasteiger partial charge in [-0.25, -0.2) is 4.79 Å². The average molecular weight is 521 g/mol. The van der Waals surface area contributed by atoms with Crippen LogP contribution in [-0.2, 0) is 0 Å². The van der Waals surface area contributed by atoms with Crippen molar-refractivity contribution in [3.63, 3.8) is 0 Å². The number of rotatable bonds is 5. The molecule has 5 rings (SSSR count). The standard InChI is InChI=1S/C26H17BrO7/c1-14-25(32-18-5-3-4-17(12-18)30-2)24(28)20-8-7-19(13-22(20)31-14)33-26(29)23-11-15-10-16(27)6-9-21(15)34-23/h3-13H,1-2H3. The van der Waals surface area contributed by atoms with Crippen molar-refractivity contribution in [3.05, 3.63) is 92.9 Å². The number of carbonyl (C=O) groups is 1. The summed E-state index contributed by atoms with van der Waals surface area (Å²) in [5, 5.41) is 1.06. The highest BCUT2D eigenvalue weighted by Crippen LogP contribution is 2.30. The average Bonchev–Trinajstić information content (AvgIpc) is 3.25. The summed E-state index contributed by atoms with van der Waals surface area (Å²) in [6.45, 7) is 1.63. The fraction of sp³-hybridized carbons (Fsp3) is 0.0769. The zero-order chi connectivity index (χ0) is 23.8. The number of fused-ring (bicyclic) bond motifs is 2. The monoisotopic (exact) mass is 520 g/mol. The molecule has 5 aromatic rings. The number of halogens is 1. The van der Waals surface area contributed by atoms with Gasteiger partial charge >= 0.3 is 5.97 Å². The Morgan fingerprint density at radius 2 is 1.71 bits per heavy atom. The smallest absolute Gasteiger partial charge is 0.379 e. The van der Waals surface area contributed by atoms with E-state index in [2.05, 4.69) is 15.9 Å². The molecule has 0 saturated carbocycles. The van der Waals surface area contributed by atoms with Gasteiger partial charge in [-0.05, 0) is 55.5 Å². The van der Waals surface area contributed by atoms with Crippen LogP contribution in [0.5, 0.6) is 23.0 Å². The number of aryl methyl sites for hydroxylation is 1. The second-order valence-electron chi connectivity index (χ2n) is 7.44. The molecule has 170 valence electrons. The van der Waals surface area contributed by atoms with Crippen molar-refractivity contribution in [3.8, 4) is 23.0 Å². The number of benzene rings is 3. The zero-order valence-electron chi connectivity index (χ0n) is 18.1. The predicted octanol–water partition coefficient (Wildman–Crippen LogP) is 6.63. The van der Waals surface area contributed by atoms with Crippen LogP contribution >= 0.6 is 15.9 Å². The van der Waals surface area contributed by atoms with Gasteiger partial charge in [-0.3, -0.25) is 4.79 Å². The summed E-state index contributed by atoms with van der Waals surface area (Å²) in [7, 11) is 1.55. The van der Waals surface area contributed by atoms with Gasteiger partial charge in [0.15, 0.2) is 0 Å². The number of methoxy groups -OCH3 is 1. The molecule has 0 aliphatic heterocycles. The molecule has 0 atom stereocenters. The van der Waals surface area contributed by atoms with E-state index in [1.807, 2.05) is 12.1 Å². The van der Waals surface area contributed by atoms with Gasteiger partial charge in [0, 0.05) is 22.0 Å². The third-order valence-electron chi connectivity index (χ3n) is 5.14. The van der Waals surface area contributed by atoms with Gasteiger partial charge in [0.05, 0.1) is 12.5 Å². The zero-order valence-corrected chi connectivity index (χ0v) is 19.7. The van der Waals surface area contributed by atoms with Crippen LogP contribution in [0.3, 0.4) is 0 Å². The molecule has 0 aliphatic carbocycles. The van der Waals surface area contributed by atoms with Gasteiger partial charge in [-0.1, -0.05) is 22.0 Å². The van der Waals surface area contributed by atoms with Gasteiger partial charge in [-0.15, -0.1) is 0 Å². The van der Waals surface area contributed by atoms with Crippen molar-refractivity contribution < 1.29 is 27.8 Å². The van der Waals surface area contributed by atoms with Gasteiger partial charge in [-0.2, -0.15) is 0 Å². The van der Waals surface area contributed by atoms with Crippen LogP contribution in [0.1, 0.15) is 16.3 Å². The Morgan fingerprint density at radius 3 is 2.53 bits per heavy atom.